The molecule has 1 aliphatic rings. The molecule has 4 nitrogen and oxygen atoms in total. The third-order valence-corrected chi connectivity index (χ3v) is 3.86. The SMILES string of the molecule is O=C(Cn1c(CCCl)nc2c(Cl)cccc21)NC1CC1. The molecule has 0 bridgehead atoms. The number of carbonyl (C=O) groups is 1. The minimum Gasteiger partial charge on any atom is -0.352 e. The quantitative estimate of drug-likeness (QED) is 0.863. The van der Waals surface area contributed by atoms with Crippen molar-refractivity contribution < 1.29 is 4.79 Å². The molecule has 1 fully saturated rings. The standard InChI is InChI=1S/C14H15Cl2N3O/c15-7-6-12-18-14-10(16)2-1-3-11(14)19(12)8-13(20)17-9-4-5-9/h1-3,9H,4-8H2,(H,17,20). The lowest BCUT2D eigenvalue weighted by Crippen LogP contribution is -2.29. The van der Waals surface area contributed by atoms with Gasteiger partial charge in [-0.1, -0.05) is 17.7 Å². The Morgan fingerprint density at radius 2 is 2.25 bits per heavy atom. The number of hydrogen-bond donors (Lipinski definition) is 1. The maximum Gasteiger partial charge on any atom is 0.240 e. The van der Waals surface area contributed by atoms with Crippen molar-refractivity contribution in [3.63, 3.8) is 0 Å². The van der Waals surface area contributed by atoms with E-state index >= 15 is 0 Å². The van der Waals surface area contributed by atoms with E-state index in [0.29, 0.717) is 23.4 Å². The number of hydrogen-bond acceptors (Lipinski definition) is 2. The second kappa shape index (κ2) is 5.62. The second-order valence-electron chi connectivity index (χ2n) is 5.00. The molecule has 0 spiro atoms. The number of imidazole rings is 1. The van der Waals surface area contributed by atoms with E-state index in [-0.39, 0.29) is 12.5 Å². The molecule has 1 aliphatic carbocycles. The number of rotatable bonds is 5. The number of nitrogens with zero attached hydrogens (tertiary/aromatic N) is 2. The van der Waals surface area contributed by atoms with E-state index in [1.54, 1.807) is 6.07 Å². The smallest absolute Gasteiger partial charge is 0.240 e. The topological polar surface area (TPSA) is 46.9 Å². The van der Waals surface area contributed by atoms with Gasteiger partial charge in [-0.25, -0.2) is 4.98 Å². The molecule has 0 atom stereocenters. The first-order valence-electron chi connectivity index (χ1n) is 6.68. The molecule has 1 amide bonds. The molecule has 1 heterocycles. The summed E-state index contributed by atoms with van der Waals surface area (Å²) in [5.74, 6) is 1.28. The number of aromatic nitrogens is 2. The summed E-state index contributed by atoms with van der Waals surface area (Å²) in [4.78, 5) is 16.5. The number of halogens is 2. The lowest BCUT2D eigenvalue weighted by atomic mass is 10.3. The van der Waals surface area contributed by atoms with Crippen LogP contribution in [0, 0.1) is 0 Å². The van der Waals surface area contributed by atoms with Crippen LogP contribution in [0.3, 0.4) is 0 Å². The summed E-state index contributed by atoms with van der Waals surface area (Å²) in [6.07, 6.45) is 2.77. The van der Waals surface area contributed by atoms with Crippen LogP contribution in [0.4, 0.5) is 0 Å². The number of benzene rings is 1. The summed E-state index contributed by atoms with van der Waals surface area (Å²) in [6, 6.07) is 5.95. The van der Waals surface area contributed by atoms with Crippen LogP contribution >= 0.6 is 23.2 Å². The largest absolute Gasteiger partial charge is 0.352 e. The Labute approximate surface area is 127 Å². The van der Waals surface area contributed by atoms with Gasteiger partial charge in [0.1, 0.15) is 17.9 Å². The van der Waals surface area contributed by atoms with Crippen LogP contribution in [0.1, 0.15) is 18.7 Å². The van der Waals surface area contributed by atoms with Crippen molar-refractivity contribution >= 4 is 40.1 Å². The van der Waals surface area contributed by atoms with Gasteiger partial charge in [0.05, 0.1) is 10.5 Å². The zero-order chi connectivity index (χ0) is 14.1. The molecule has 3 rings (SSSR count). The summed E-state index contributed by atoms with van der Waals surface area (Å²) in [7, 11) is 0. The van der Waals surface area contributed by atoms with E-state index in [9.17, 15) is 4.79 Å². The first-order chi connectivity index (χ1) is 9.69. The minimum atomic E-state index is 0.0163. The summed E-state index contributed by atoms with van der Waals surface area (Å²) in [5, 5.41) is 3.58. The molecule has 0 radical (unpaired) electrons. The normalized spacial score (nSPS) is 14.7. The zero-order valence-electron chi connectivity index (χ0n) is 10.9. The number of nitrogens with one attached hydrogen (secondary N) is 1. The first kappa shape index (κ1) is 13.7. The van der Waals surface area contributed by atoms with E-state index < -0.39 is 0 Å². The molecule has 0 saturated heterocycles. The van der Waals surface area contributed by atoms with Gasteiger partial charge in [-0.05, 0) is 25.0 Å². The van der Waals surface area contributed by atoms with Gasteiger partial charge in [0.2, 0.25) is 5.91 Å². The number of alkyl halides is 1. The predicted molar refractivity (Wildman–Crippen MR) is 80.3 cm³/mol. The average molecular weight is 312 g/mol. The van der Waals surface area contributed by atoms with Crippen LogP contribution in [0.15, 0.2) is 18.2 Å². The highest BCUT2D eigenvalue weighted by Gasteiger charge is 2.24. The van der Waals surface area contributed by atoms with Gasteiger partial charge in [0, 0.05) is 18.3 Å². The van der Waals surface area contributed by atoms with Crippen molar-refractivity contribution in [2.45, 2.75) is 31.8 Å². The number of para-hydroxylation sites is 1. The van der Waals surface area contributed by atoms with E-state index in [1.807, 2.05) is 16.7 Å². The summed E-state index contributed by atoms with van der Waals surface area (Å²) >= 11 is 12.0. The molecule has 0 unspecified atom stereocenters. The van der Waals surface area contributed by atoms with Crippen molar-refractivity contribution in [2.75, 3.05) is 5.88 Å². The number of carbonyl (C=O) groups excluding carboxylic acids is 1. The van der Waals surface area contributed by atoms with E-state index in [4.69, 9.17) is 23.2 Å². The van der Waals surface area contributed by atoms with E-state index in [0.717, 1.165) is 29.7 Å². The molecule has 0 aliphatic heterocycles. The highest BCUT2D eigenvalue weighted by molar-refractivity contribution is 6.34. The Morgan fingerprint density at radius 1 is 1.45 bits per heavy atom. The monoisotopic (exact) mass is 311 g/mol. The van der Waals surface area contributed by atoms with E-state index in [2.05, 4.69) is 10.3 Å². The summed E-state index contributed by atoms with van der Waals surface area (Å²) in [6.45, 7) is 0.263. The van der Waals surface area contributed by atoms with Gasteiger partial charge in [-0.15, -0.1) is 11.6 Å². The summed E-state index contributed by atoms with van der Waals surface area (Å²) in [5.41, 5.74) is 1.61. The van der Waals surface area contributed by atoms with Gasteiger partial charge in [0.15, 0.2) is 0 Å². The van der Waals surface area contributed by atoms with Gasteiger partial charge in [-0.2, -0.15) is 0 Å². The lowest BCUT2D eigenvalue weighted by Gasteiger charge is -2.08. The van der Waals surface area contributed by atoms with Gasteiger partial charge >= 0.3 is 0 Å². The number of amides is 1. The van der Waals surface area contributed by atoms with Crippen molar-refractivity contribution in [3.05, 3.63) is 29.0 Å². The maximum absolute atomic E-state index is 12.0. The molecule has 20 heavy (non-hydrogen) atoms. The average Bonchev–Trinajstić information content (AvgIpc) is 3.15. The Morgan fingerprint density at radius 3 is 2.95 bits per heavy atom. The molecule has 1 N–H and O–H groups in total. The van der Waals surface area contributed by atoms with Crippen LogP contribution in [-0.2, 0) is 17.8 Å². The van der Waals surface area contributed by atoms with Crippen molar-refractivity contribution in [2.24, 2.45) is 0 Å². The van der Waals surface area contributed by atoms with Crippen LogP contribution in [0.25, 0.3) is 11.0 Å². The number of fused-ring (bicyclic) bond motifs is 1. The molecule has 1 saturated carbocycles. The fourth-order valence-corrected chi connectivity index (χ4v) is 2.64. The van der Waals surface area contributed by atoms with Crippen LogP contribution in [0.5, 0.6) is 0 Å². The van der Waals surface area contributed by atoms with Crippen LogP contribution in [0.2, 0.25) is 5.02 Å². The molecular formula is C14H15Cl2N3O. The molecule has 1 aromatic heterocycles. The third kappa shape index (κ3) is 2.76. The van der Waals surface area contributed by atoms with Gasteiger partial charge in [0.25, 0.3) is 0 Å². The molecule has 106 valence electrons. The Hall–Kier alpha value is -1.26. The van der Waals surface area contributed by atoms with Crippen LogP contribution in [-0.4, -0.2) is 27.4 Å². The third-order valence-electron chi connectivity index (χ3n) is 3.37. The summed E-state index contributed by atoms with van der Waals surface area (Å²) < 4.78 is 1.90. The number of aryl methyl sites for hydroxylation is 1. The van der Waals surface area contributed by atoms with Crippen molar-refractivity contribution in [1.82, 2.24) is 14.9 Å². The highest BCUT2D eigenvalue weighted by Crippen LogP contribution is 2.24. The zero-order valence-corrected chi connectivity index (χ0v) is 12.4. The fraction of sp³-hybridized carbons (Fsp3) is 0.429. The Bertz CT molecular complexity index is 649. The maximum atomic E-state index is 12.0. The van der Waals surface area contributed by atoms with Gasteiger partial charge in [-0.3, -0.25) is 4.79 Å². The molecule has 6 heteroatoms. The van der Waals surface area contributed by atoms with Crippen molar-refractivity contribution in [3.8, 4) is 0 Å². The minimum absolute atomic E-state index is 0.0163. The highest BCUT2D eigenvalue weighted by atomic mass is 35.5. The molecule has 1 aromatic carbocycles. The van der Waals surface area contributed by atoms with Gasteiger partial charge < -0.3 is 9.88 Å². The lowest BCUT2D eigenvalue weighted by molar-refractivity contribution is -0.121. The van der Waals surface area contributed by atoms with E-state index in [1.165, 1.54) is 0 Å². The Balaban J connectivity index is 1.95. The second-order valence-corrected chi connectivity index (χ2v) is 5.79. The molecule has 2 aromatic rings. The Kier molecular flexibility index (Phi) is 3.85. The first-order valence-corrected chi connectivity index (χ1v) is 7.59. The van der Waals surface area contributed by atoms with Crippen LogP contribution < -0.4 is 5.32 Å². The molecular weight excluding hydrogens is 297 g/mol. The fourth-order valence-electron chi connectivity index (χ4n) is 2.26. The predicted octanol–water partition coefficient (Wildman–Crippen LogP) is 2.75. The van der Waals surface area contributed by atoms with Crippen molar-refractivity contribution in [1.29, 1.82) is 0 Å².